The first-order chi connectivity index (χ1) is 12.5. The fourth-order valence-corrected chi connectivity index (χ4v) is 3.99. The van der Waals surface area contributed by atoms with E-state index in [4.69, 9.17) is 16.3 Å². The van der Waals surface area contributed by atoms with Crippen LogP contribution < -0.4 is 9.54 Å². The summed E-state index contributed by atoms with van der Waals surface area (Å²) in [4.78, 5) is 18.7. The molecular weight excluding hydrogens is 368 g/mol. The first-order valence-electron chi connectivity index (χ1n) is 8.21. The van der Waals surface area contributed by atoms with Crippen molar-refractivity contribution in [3.05, 3.63) is 68.8 Å². The monoisotopic (exact) mass is 386 g/mol. The van der Waals surface area contributed by atoms with Gasteiger partial charge in [0.1, 0.15) is 5.75 Å². The van der Waals surface area contributed by atoms with Crippen LogP contribution in [0.1, 0.15) is 22.2 Å². The number of thiazole rings is 1. The molecule has 0 saturated carbocycles. The van der Waals surface area contributed by atoms with E-state index in [1.54, 1.807) is 31.4 Å². The van der Waals surface area contributed by atoms with E-state index in [9.17, 15) is 4.79 Å². The van der Waals surface area contributed by atoms with Gasteiger partial charge in [-0.15, -0.1) is 11.3 Å². The van der Waals surface area contributed by atoms with Crippen molar-refractivity contribution in [1.82, 2.24) is 4.57 Å². The molecule has 0 fully saturated rings. The van der Waals surface area contributed by atoms with Crippen LogP contribution in [0, 0.1) is 0 Å². The lowest BCUT2D eigenvalue weighted by Gasteiger charge is -2.07. The molecular formula is C20H19ClN2O2S. The van der Waals surface area contributed by atoms with Crippen LogP contribution in [0.2, 0.25) is 5.02 Å². The second-order valence-corrected chi connectivity index (χ2v) is 7.22. The Balaban J connectivity index is 2.06. The normalized spacial score (nSPS) is 11.6. The Bertz CT molecular complexity index is 1000. The van der Waals surface area contributed by atoms with Gasteiger partial charge in [0, 0.05) is 22.5 Å². The van der Waals surface area contributed by atoms with Gasteiger partial charge in [-0.3, -0.25) is 4.79 Å². The molecule has 6 heteroatoms. The fourth-order valence-electron chi connectivity index (χ4n) is 2.72. The number of hydrogen-bond acceptors (Lipinski definition) is 3. The zero-order valence-electron chi connectivity index (χ0n) is 14.8. The molecule has 4 nitrogen and oxygen atoms in total. The second kappa shape index (κ2) is 7.89. The summed E-state index contributed by atoms with van der Waals surface area (Å²) in [6.07, 6.45) is 0.862. The predicted octanol–water partition coefficient (Wildman–Crippen LogP) is 4.72. The highest BCUT2D eigenvalue weighted by Gasteiger charge is 2.13. The molecule has 0 unspecified atom stereocenters. The quantitative estimate of drug-likeness (QED) is 0.651. The van der Waals surface area contributed by atoms with E-state index >= 15 is 0 Å². The van der Waals surface area contributed by atoms with Gasteiger partial charge in [0.25, 0.3) is 5.91 Å². The van der Waals surface area contributed by atoms with Crippen LogP contribution in [0.15, 0.2) is 53.5 Å². The average Bonchev–Trinajstić information content (AvgIpc) is 2.97. The van der Waals surface area contributed by atoms with Crippen LogP contribution in [0.4, 0.5) is 0 Å². The van der Waals surface area contributed by atoms with E-state index in [0.29, 0.717) is 15.4 Å². The van der Waals surface area contributed by atoms with Crippen LogP contribution >= 0.6 is 22.9 Å². The summed E-state index contributed by atoms with van der Waals surface area (Å²) < 4.78 is 7.20. The third-order valence-corrected chi connectivity index (χ3v) is 5.57. The molecule has 0 aliphatic carbocycles. The molecule has 1 heterocycles. The SMILES string of the molecule is CCc1sc(=NC(=O)c2cccc(Cl)c2)n(C)c1-c1ccc(OC)cc1. The Kier molecular flexibility index (Phi) is 5.59. The van der Waals surface area contributed by atoms with E-state index in [0.717, 1.165) is 23.4 Å². The van der Waals surface area contributed by atoms with Crippen molar-refractivity contribution < 1.29 is 9.53 Å². The Hall–Kier alpha value is -2.37. The average molecular weight is 387 g/mol. The molecule has 3 aromatic rings. The minimum absolute atomic E-state index is 0.298. The molecule has 0 atom stereocenters. The van der Waals surface area contributed by atoms with Crippen molar-refractivity contribution in [2.75, 3.05) is 7.11 Å². The topological polar surface area (TPSA) is 43.6 Å². The van der Waals surface area contributed by atoms with Gasteiger partial charge in [0.2, 0.25) is 0 Å². The van der Waals surface area contributed by atoms with E-state index in [1.807, 2.05) is 35.9 Å². The maximum Gasteiger partial charge on any atom is 0.279 e. The largest absolute Gasteiger partial charge is 0.497 e. The Morgan fingerprint density at radius 3 is 2.58 bits per heavy atom. The van der Waals surface area contributed by atoms with Gasteiger partial charge in [0.15, 0.2) is 4.80 Å². The van der Waals surface area contributed by atoms with E-state index in [2.05, 4.69) is 11.9 Å². The van der Waals surface area contributed by atoms with E-state index in [-0.39, 0.29) is 5.91 Å². The highest BCUT2D eigenvalue weighted by atomic mass is 35.5. The zero-order valence-corrected chi connectivity index (χ0v) is 16.4. The molecule has 3 rings (SSSR count). The number of carbonyl (C=O) groups is 1. The first-order valence-corrected chi connectivity index (χ1v) is 9.40. The Morgan fingerprint density at radius 2 is 1.96 bits per heavy atom. The number of carbonyl (C=O) groups excluding carboxylic acids is 1. The number of hydrogen-bond donors (Lipinski definition) is 0. The number of aromatic nitrogens is 1. The molecule has 0 saturated heterocycles. The number of rotatable bonds is 4. The fraction of sp³-hybridized carbons (Fsp3) is 0.200. The summed E-state index contributed by atoms with van der Waals surface area (Å²) in [5, 5.41) is 0.523. The van der Waals surface area contributed by atoms with Gasteiger partial charge in [-0.05, 0) is 54.4 Å². The summed E-state index contributed by atoms with van der Waals surface area (Å²) in [5.41, 5.74) is 2.62. The number of nitrogens with zero attached hydrogens (tertiary/aromatic N) is 2. The lowest BCUT2D eigenvalue weighted by molar-refractivity contribution is 0.0998. The summed E-state index contributed by atoms with van der Waals surface area (Å²) in [6.45, 7) is 2.10. The lowest BCUT2D eigenvalue weighted by Crippen LogP contribution is -2.14. The highest BCUT2D eigenvalue weighted by Crippen LogP contribution is 2.27. The Morgan fingerprint density at radius 1 is 1.23 bits per heavy atom. The summed E-state index contributed by atoms with van der Waals surface area (Å²) in [5.74, 6) is 0.513. The number of methoxy groups -OCH3 is 1. The summed E-state index contributed by atoms with van der Waals surface area (Å²) in [7, 11) is 3.58. The molecule has 134 valence electrons. The smallest absolute Gasteiger partial charge is 0.279 e. The van der Waals surface area contributed by atoms with Gasteiger partial charge in [-0.2, -0.15) is 4.99 Å². The van der Waals surface area contributed by atoms with Crippen LogP contribution in [0.5, 0.6) is 5.75 Å². The highest BCUT2D eigenvalue weighted by molar-refractivity contribution is 7.09. The molecule has 2 aromatic carbocycles. The number of ether oxygens (including phenoxy) is 1. The third-order valence-electron chi connectivity index (χ3n) is 4.05. The molecule has 26 heavy (non-hydrogen) atoms. The van der Waals surface area contributed by atoms with Crippen LogP contribution in [-0.4, -0.2) is 17.6 Å². The van der Waals surface area contributed by atoms with Gasteiger partial charge in [0.05, 0.1) is 12.8 Å². The van der Waals surface area contributed by atoms with Crippen molar-refractivity contribution in [3.8, 4) is 17.0 Å². The molecule has 0 bridgehead atoms. The van der Waals surface area contributed by atoms with Crippen LogP contribution in [0.3, 0.4) is 0 Å². The minimum atomic E-state index is -0.298. The maximum atomic E-state index is 12.5. The number of aryl methyl sites for hydroxylation is 1. The van der Waals surface area contributed by atoms with Crippen molar-refractivity contribution in [2.45, 2.75) is 13.3 Å². The maximum absolute atomic E-state index is 12.5. The van der Waals surface area contributed by atoms with Gasteiger partial charge in [-0.25, -0.2) is 0 Å². The molecule has 0 N–H and O–H groups in total. The Labute approximate surface area is 161 Å². The predicted molar refractivity (Wildman–Crippen MR) is 106 cm³/mol. The van der Waals surface area contributed by atoms with Crippen LogP contribution in [0.25, 0.3) is 11.3 Å². The molecule has 0 aliphatic heterocycles. The van der Waals surface area contributed by atoms with Crippen molar-refractivity contribution in [3.63, 3.8) is 0 Å². The van der Waals surface area contributed by atoms with E-state index < -0.39 is 0 Å². The molecule has 1 amide bonds. The standard InChI is InChI=1S/C20H19ClN2O2S/c1-4-17-18(13-8-10-16(25-3)11-9-13)23(2)20(26-17)22-19(24)14-6-5-7-15(21)12-14/h5-12H,4H2,1-3H3. The zero-order chi connectivity index (χ0) is 18.7. The van der Waals surface area contributed by atoms with Gasteiger partial charge < -0.3 is 9.30 Å². The number of halogens is 1. The van der Waals surface area contributed by atoms with Gasteiger partial charge >= 0.3 is 0 Å². The van der Waals surface area contributed by atoms with Crippen molar-refractivity contribution in [2.24, 2.45) is 12.0 Å². The molecule has 0 radical (unpaired) electrons. The van der Waals surface area contributed by atoms with Crippen molar-refractivity contribution >= 4 is 28.8 Å². The minimum Gasteiger partial charge on any atom is -0.497 e. The molecule has 0 spiro atoms. The van der Waals surface area contributed by atoms with Gasteiger partial charge in [-0.1, -0.05) is 24.6 Å². The second-order valence-electron chi connectivity index (χ2n) is 5.72. The van der Waals surface area contributed by atoms with Crippen LogP contribution in [-0.2, 0) is 13.5 Å². The summed E-state index contributed by atoms with van der Waals surface area (Å²) >= 11 is 7.50. The molecule has 1 aromatic heterocycles. The lowest BCUT2D eigenvalue weighted by atomic mass is 10.1. The molecule has 0 aliphatic rings. The number of benzene rings is 2. The first kappa shape index (κ1) is 18.4. The summed E-state index contributed by atoms with van der Waals surface area (Å²) in [6, 6.07) is 14.7. The van der Waals surface area contributed by atoms with E-state index in [1.165, 1.54) is 16.2 Å². The number of amides is 1. The third kappa shape index (κ3) is 3.74. The van der Waals surface area contributed by atoms with Crippen molar-refractivity contribution in [1.29, 1.82) is 0 Å².